The number of rotatable bonds is 4. The Balaban J connectivity index is 1.53. The Morgan fingerprint density at radius 2 is 2.17 bits per heavy atom. The topological polar surface area (TPSA) is 132 Å². The molecular weight excluding hydrogens is 310 g/mol. The average molecular weight is 329 g/mol. The molecule has 0 aromatic carbocycles. The number of pyridine rings is 1. The minimum Gasteiger partial charge on any atom is -0.485 e. The van der Waals surface area contributed by atoms with E-state index < -0.39 is 0 Å². The largest absolute Gasteiger partial charge is 0.485 e. The van der Waals surface area contributed by atoms with E-state index in [0.717, 1.165) is 37.3 Å². The van der Waals surface area contributed by atoms with Crippen molar-refractivity contribution in [3.63, 3.8) is 0 Å². The van der Waals surface area contributed by atoms with Crippen LogP contribution in [0.2, 0.25) is 0 Å². The minimum atomic E-state index is 0.294. The van der Waals surface area contributed by atoms with Crippen molar-refractivity contribution in [3.8, 4) is 5.75 Å². The smallest absolute Gasteiger partial charge is 0.181 e. The van der Waals surface area contributed by atoms with E-state index in [4.69, 9.17) is 10.5 Å². The molecule has 0 radical (unpaired) electrons. The van der Waals surface area contributed by atoms with Gasteiger partial charge in [0, 0.05) is 6.07 Å². The maximum absolute atomic E-state index is 5.86. The molecule has 3 aromatic rings. The zero-order valence-corrected chi connectivity index (χ0v) is 13.4. The summed E-state index contributed by atoms with van der Waals surface area (Å²) in [6.45, 7) is 4.23. The van der Waals surface area contributed by atoms with E-state index in [-0.39, 0.29) is 0 Å². The first-order chi connectivity index (χ1) is 11.7. The maximum atomic E-state index is 5.86. The first-order valence-electron chi connectivity index (χ1n) is 7.94. The normalized spacial score (nSPS) is 15.9. The molecule has 0 aliphatic carbocycles. The van der Waals surface area contributed by atoms with E-state index in [0.29, 0.717) is 35.4 Å². The van der Waals surface area contributed by atoms with Gasteiger partial charge in [0.15, 0.2) is 16.9 Å². The van der Waals surface area contributed by atoms with Crippen LogP contribution in [-0.2, 0) is 6.61 Å². The van der Waals surface area contributed by atoms with Crippen molar-refractivity contribution in [1.29, 1.82) is 0 Å². The number of fused-ring (bicyclic) bond motifs is 1. The van der Waals surface area contributed by atoms with Gasteiger partial charge in [-0.1, -0.05) is 5.21 Å². The Labute approximate surface area is 137 Å². The Kier molecular flexibility index (Phi) is 3.73. The molecule has 1 aliphatic heterocycles. The molecule has 0 unspecified atom stereocenters. The number of piperidine rings is 1. The number of hydrogen-bond donors (Lipinski definition) is 3. The molecule has 0 atom stereocenters. The van der Waals surface area contributed by atoms with Gasteiger partial charge in [0.1, 0.15) is 18.1 Å². The van der Waals surface area contributed by atoms with E-state index in [9.17, 15) is 0 Å². The Hall–Kier alpha value is -2.75. The lowest BCUT2D eigenvalue weighted by Gasteiger charge is -2.21. The van der Waals surface area contributed by atoms with E-state index >= 15 is 0 Å². The number of nitrogens with zero attached hydrogens (tertiary/aromatic N) is 6. The number of aryl methyl sites for hydroxylation is 1. The van der Waals surface area contributed by atoms with Crippen molar-refractivity contribution in [2.24, 2.45) is 0 Å². The quantitative estimate of drug-likeness (QED) is 0.624. The van der Waals surface area contributed by atoms with Crippen molar-refractivity contribution in [2.75, 3.05) is 18.8 Å². The van der Waals surface area contributed by atoms with Crippen LogP contribution < -0.4 is 15.8 Å². The molecule has 0 bridgehead atoms. The molecule has 126 valence electrons. The monoisotopic (exact) mass is 329 g/mol. The Morgan fingerprint density at radius 1 is 1.33 bits per heavy atom. The lowest BCUT2D eigenvalue weighted by atomic mass is 10.1. The summed E-state index contributed by atoms with van der Waals surface area (Å²) in [7, 11) is 0. The van der Waals surface area contributed by atoms with Crippen molar-refractivity contribution >= 4 is 17.0 Å². The molecule has 10 heteroatoms. The second-order valence-electron chi connectivity index (χ2n) is 5.88. The summed E-state index contributed by atoms with van der Waals surface area (Å²) in [5, 5.41) is 22.9. The van der Waals surface area contributed by atoms with E-state index in [1.807, 2.05) is 11.7 Å². The standard InChI is InChI=1S/C14H19N9O/c1-8-10(21-23(20-8)9-2-4-16-5-3-9)7-24-11-6-12(15)17-14-13(11)18-22-19-14/h6,9,16H,2-5,7H2,1H3,(H3,15,17,18,19,22). The first-order valence-corrected chi connectivity index (χ1v) is 7.94. The molecule has 0 saturated carbocycles. The highest BCUT2D eigenvalue weighted by atomic mass is 16.5. The fourth-order valence-corrected chi connectivity index (χ4v) is 2.85. The van der Waals surface area contributed by atoms with Gasteiger partial charge < -0.3 is 15.8 Å². The molecule has 1 aliphatic rings. The third-order valence-corrected chi connectivity index (χ3v) is 4.18. The Morgan fingerprint density at radius 3 is 3.00 bits per heavy atom. The number of ether oxygens (including phenoxy) is 1. The van der Waals surface area contributed by atoms with Gasteiger partial charge in [-0.2, -0.15) is 15.0 Å². The van der Waals surface area contributed by atoms with Crippen LogP contribution >= 0.6 is 0 Å². The third kappa shape index (κ3) is 2.75. The van der Waals surface area contributed by atoms with Crippen LogP contribution in [0.4, 0.5) is 5.82 Å². The van der Waals surface area contributed by atoms with Gasteiger partial charge in [-0.25, -0.2) is 10.1 Å². The van der Waals surface area contributed by atoms with E-state index in [1.54, 1.807) is 6.07 Å². The summed E-state index contributed by atoms with van der Waals surface area (Å²) in [6.07, 6.45) is 2.07. The van der Waals surface area contributed by atoms with Crippen LogP contribution in [0.15, 0.2) is 6.07 Å². The number of hydrogen-bond acceptors (Lipinski definition) is 8. The molecule has 0 spiro atoms. The highest BCUT2D eigenvalue weighted by Crippen LogP contribution is 2.24. The number of aromatic amines is 1. The second-order valence-corrected chi connectivity index (χ2v) is 5.88. The zero-order valence-electron chi connectivity index (χ0n) is 13.4. The third-order valence-electron chi connectivity index (χ3n) is 4.18. The van der Waals surface area contributed by atoms with Crippen LogP contribution in [0.1, 0.15) is 30.3 Å². The molecule has 1 fully saturated rings. The van der Waals surface area contributed by atoms with Crippen molar-refractivity contribution in [2.45, 2.75) is 32.4 Å². The predicted octanol–water partition coefficient (Wildman–Crippen LogP) is 0.339. The lowest BCUT2D eigenvalue weighted by Crippen LogP contribution is -2.30. The van der Waals surface area contributed by atoms with E-state index in [2.05, 4.69) is 35.9 Å². The van der Waals surface area contributed by atoms with Crippen molar-refractivity contribution in [3.05, 3.63) is 17.5 Å². The summed E-state index contributed by atoms with van der Waals surface area (Å²) < 4.78 is 5.86. The molecule has 10 nitrogen and oxygen atoms in total. The van der Waals surface area contributed by atoms with Crippen LogP contribution in [0.5, 0.6) is 5.75 Å². The average Bonchev–Trinajstić information content (AvgIpc) is 3.20. The first kappa shape index (κ1) is 14.8. The van der Waals surface area contributed by atoms with Gasteiger partial charge in [-0.15, -0.1) is 5.10 Å². The summed E-state index contributed by atoms with van der Waals surface area (Å²) >= 11 is 0. The SMILES string of the molecule is Cc1nn(C2CCNCC2)nc1COc1cc(N)nc2[nH]nnc12. The molecule has 4 heterocycles. The van der Waals surface area contributed by atoms with Crippen molar-refractivity contribution in [1.82, 2.24) is 40.7 Å². The highest BCUT2D eigenvalue weighted by Gasteiger charge is 2.19. The zero-order chi connectivity index (χ0) is 16.5. The van der Waals surface area contributed by atoms with Crippen molar-refractivity contribution < 1.29 is 4.74 Å². The number of H-pyrrole nitrogens is 1. The summed E-state index contributed by atoms with van der Waals surface area (Å²) in [6, 6.07) is 1.98. The molecule has 4 rings (SSSR count). The molecule has 4 N–H and O–H groups in total. The molecule has 3 aromatic heterocycles. The number of anilines is 1. The Bertz CT molecular complexity index is 849. The molecule has 24 heavy (non-hydrogen) atoms. The minimum absolute atomic E-state index is 0.294. The fourth-order valence-electron chi connectivity index (χ4n) is 2.85. The van der Waals surface area contributed by atoms with Crippen LogP contribution in [0.25, 0.3) is 11.2 Å². The predicted molar refractivity (Wildman–Crippen MR) is 86.3 cm³/mol. The van der Waals surface area contributed by atoms with Crippen LogP contribution in [0, 0.1) is 6.92 Å². The molecule has 1 saturated heterocycles. The number of aromatic nitrogens is 7. The van der Waals surface area contributed by atoms with Gasteiger partial charge in [0.25, 0.3) is 0 Å². The lowest BCUT2D eigenvalue weighted by molar-refractivity contribution is 0.289. The van der Waals surface area contributed by atoms with Gasteiger partial charge in [-0.3, -0.25) is 0 Å². The second kappa shape index (κ2) is 6.04. The summed E-state index contributed by atoms with van der Waals surface area (Å²) in [5.74, 6) is 0.876. The number of nitrogens with one attached hydrogen (secondary N) is 2. The van der Waals surface area contributed by atoms with Gasteiger partial charge >= 0.3 is 0 Å². The van der Waals surface area contributed by atoms with E-state index in [1.165, 1.54) is 0 Å². The number of nitrogen functional groups attached to an aromatic ring is 1. The van der Waals surface area contributed by atoms with Gasteiger partial charge in [-0.05, 0) is 32.9 Å². The van der Waals surface area contributed by atoms with Gasteiger partial charge in [0.05, 0.1) is 11.7 Å². The van der Waals surface area contributed by atoms with Crippen LogP contribution in [0.3, 0.4) is 0 Å². The highest BCUT2D eigenvalue weighted by molar-refractivity contribution is 5.78. The number of nitrogens with two attached hydrogens (primary N) is 1. The fraction of sp³-hybridized carbons (Fsp3) is 0.500. The summed E-state index contributed by atoms with van der Waals surface area (Å²) in [5.41, 5.74) is 8.50. The molecular formula is C14H19N9O. The van der Waals surface area contributed by atoms with Gasteiger partial charge in [0.2, 0.25) is 0 Å². The maximum Gasteiger partial charge on any atom is 0.181 e. The summed E-state index contributed by atoms with van der Waals surface area (Å²) in [4.78, 5) is 5.93. The molecule has 0 amide bonds. The van der Waals surface area contributed by atoms with Crippen LogP contribution in [-0.4, -0.2) is 48.5 Å².